The summed E-state index contributed by atoms with van der Waals surface area (Å²) in [5.74, 6) is -3.54. The summed E-state index contributed by atoms with van der Waals surface area (Å²) >= 11 is 0. The number of hydrogen-bond donors (Lipinski definition) is 1. The average Bonchev–Trinajstić information content (AvgIpc) is 2.76. The second-order valence-electron chi connectivity index (χ2n) is 8.96. The van der Waals surface area contributed by atoms with Gasteiger partial charge in [-0.1, -0.05) is 66.7 Å². The number of para-hydroxylation sites is 1. The zero-order valence-electron chi connectivity index (χ0n) is 18.3. The summed E-state index contributed by atoms with van der Waals surface area (Å²) in [4.78, 5) is 39.6. The molecule has 3 aromatic carbocycles. The molecule has 32 heavy (non-hydrogen) atoms. The van der Waals surface area contributed by atoms with Gasteiger partial charge < -0.3 is 10.1 Å². The third-order valence-corrected chi connectivity index (χ3v) is 5.39. The van der Waals surface area contributed by atoms with E-state index in [-0.39, 0.29) is 11.7 Å². The lowest BCUT2D eigenvalue weighted by atomic mass is 9.78. The minimum atomic E-state index is -1.25. The molecule has 0 aromatic heterocycles. The normalized spacial score (nSPS) is 16.7. The summed E-state index contributed by atoms with van der Waals surface area (Å²) in [5, 5.41) is 2.93. The summed E-state index contributed by atoms with van der Waals surface area (Å²) < 4.78 is 5.45. The van der Waals surface area contributed by atoms with Crippen molar-refractivity contribution in [2.75, 3.05) is 0 Å². The second-order valence-corrected chi connectivity index (χ2v) is 8.96. The highest BCUT2D eigenvalue weighted by atomic mass is 16.5. The van der Waals surface area contributed by atoms with Gasteiger partial charge in [-0.3, -0.25) is 14.4 Å². The molecule has 2 unspecified atom stereocenters. The van der Waals surface area contributed by atoms with Gasteiger partial charge in [0.15, 0.2) is 5.78 Å². The quantitative estimate of drug-likeness (QED) is 0.370. The van der Waals surface area contributed by atoms with E-state index in [0.717, 1.165) is 11.1 Å². The van der Waals surface area contributed by atoms with Gasteiger partial charge >= 0.3 is 5.97 Å². The molecular formula is C27H25NO4. The van der Waals surface area contributed by atoms with Crippen LogP contribution in [-0.2, 0) is 9.59 Å². The third kappa shape index (κ3) is 4.33. The average molecular weight is 428 g/mol. The highest BCUT2D eigenvalue weighted by Crippen LogP contribution is 2.37. The number of fused-ring (bicyclic) bond motifs is 1. The molecule has 0 aliphatic carbocycles. The predicted molar refractivity (Wildman–Crippen MR) is 122 cm³/mol. The lowest BCUT2D eigenvalue weighted by molar-refractivity contribution is -0.141. The summed E-state index contributed by atoms with van der Waals surface area (Å²) in [6, 6.07) is 23.9. The zero-order valence-corrected chi connectivity index (χ0v) is 18.3. The van der Waals surface area contributed by atoms with E-state index in [9.17, 15) is 14.4 Å². The number of carbonyl (C=O) groups is 3. The molecule has 1 heterocycles. The van der Waals surface area contributed by atoms with Crippen molar-refractivity contribution < 1.29 is 19.1 Å². The molecule has 0 spiro atoms. The van der Waals surface area contributed by atoms with E-state index >= 15 is 0 Å². The van der Waals surface area contributed by atoms with Crippen molar-refractivity contribution in [3.05, 3.63) is 90.0 Å². The highest BCUT2D eigenvalue weighted by Gasteiger charge is 2.46. The van der Waals surface area contributed by atoms with Gasteiger partial charge in [0, 0.05) is 5.54 Å². The molecule has 0 saturated carbocycles. The summed E-state index contributed by atoms with van der Waals surface area (Å²) in [7, 11) is 0. The van der Waals surface area contributed by atoms with Gasteiger partial charge in [-0.25, -0.2) is 0 Å². The number of ketones is 1. The minimum Gasteiger partial charge on any atom is -0.425 e. The fourth-order valence-corrected chi connectivity index (χ4v) is 3.95. The van der Waals surface area contributed by atoms with Crippen molar-refractivity contribution in [2.45, 2.75) is 32.2 Å². The standard InChI is InChI=1S/C27H25NO4/c1-27(2,3)28-25(30)22(19-15-13-18(14-16-19)17-9-5-4-6-10-17)23-24(29)20-11-7-8-12-21(20)32-26(23)31/h4-16,22-23H,1-3H3,(H,28,30). The van der Waals surface area contributed by atoms with Gasteiger partial charge in [-0.05, 0) is 49.6 Å². The Labute approximate surface area is 187 Å². The number of ether oxygens (including phenoxy) is 1. The van der Waals surface area contributed by atoms with Crippen molar-refractivity contribution >= 4 is 17.7 Å². The summed E-state index contributed by atoms with van der Waals surface area (Å²) in [6.07, 6.45) is 0. The van der Waals surface area contributed by atoms with Gasteiger partial charge in [-0.2, -0.15) is 0 Å². The van der Waals surface area contributed by atoms with E-state index in [1.165, 1.54) is 0 Å². The Kier molecular flexibility index (Phi) is 5.66. The monoisotopic (exact) mass is 427 g/mol. The van der Waals surface area contributed by atoms with Crippen LogP contribution in [0.4, 0.5) is 0 Å². The van der Waals surface area contributed by atoms with E-state index < -0.39 is 29.1 Å². The second kappa shape index (κ2) is 8.42. The van der Waals surface area contributed by atoms with Gasteiger partial charge in [0.1, 0.15) is 11.7 Å². The molecule has 3 aromatic rings. The Morgan fingerprint density at radius 1 is 0.844 bits per heavy atom. The fraction of sp³-hybridized carbons (Fsp3) is 0.222. The lowest BCUT2D eigenvalue weighted by Crippen LogP contribution is -2.48. The predicted octanol–water partition coefficient (Wildman–Crippen LogP) is 4.77. The first-order valence-corrected chi connectivity index (χ1v) is 10.6. The largest absolute Gasteiger partial charge is 0.425 e. The van der Waals surface area contributed by atoms with Gasteiger partial charge in [-0.15, -0.1) is 0 Å². The van der Waals surface area contributed by atoms with Crippen LogP contribution >= 0.6 is 0 Å². The Morgan fingerprint density at radius 3 is 2.09 bits per heavy atom. The van der Waals surface area contributed by atoms with Crippen LogP contribution in [0, 0.1) is 5.92 Å². The van der Waals surface area contributed by atoms with Crippen molar-refractivity contribution in [3.8, 4) is 16.9 Å². The number of nitrogens with one attached hydrogen (secondary N) is 1. The van der Waals surface area contributed by atoms with Crippen molar-refractivity contribution in [2.24, 2.45) is 5.92 Å². The Hall–Kier alpha value is -3.73. The van der Waals surface area contributed by atoms with Crippen LogP contribution in [-0.4, -0.2) is 23.2 Å². The van der Waals surface area contributed by atoms with Gasteiger partial charge in [0.2, 0.25) is 5.91 Å². The smallest absolute Gasteiger partial charge is 0.323 e. The van der Waals surface area contributed by atoms with E-state index in [4.69, 9.17) is 4.74 Å². The zero-order chi connectivity index (χ0) is 22.9. The molecule has 0 radical (unpaired) electrons. The van der Waals surface area contributed by atoms with Crippen LogP contribution in [0.3, 0.4) is 0 Å². The molecule has 2 atom stereocenters. The van der Waals surface area contributed by atoms with Gasteiger partial charge in [0.25, 0.3) is 0 Å². The van der Waals surface area contributed by atoms with Crippen molar-refractivity contribution in [1.82, 2.24) is 5.32 Å². The summed E-state index contributed by atoms with van der Waals surface area (Å²) in [5.41, 5.74) is 2.38. The van der Waals surface area contributed by atoms with Crippen LogP contribution in [0.2, 0.25) is 0 Å². The first-order chi connectivity index (χ1) is 15.2. The number of hydrogen-bond acceptors (Lipinski definition) is 4. The topological polar surface area (TPSA) is 72.5 Å². The molecule has 5 heteroatoms. The van der Waals surface area contributed by atoms with Crippen LogP contribution in [0.15, 0.2) is 78.9 Å². The first kappa shape index (κ1) is 21.5. The number of amides is 1. The Morgan fingerprint density at radius 2 is 1.44 bits per heavy atom. The first-order valence-electron chi connectivity index (χ1n) is 10.6. The van der Waals surface area contributed by atoms with Crippen LogP contribution < -0.4 is 10.1 Å². The molecule has 0 bridgehead atoms. The van der Waals surface area contributed by atoms with Gasteiger partial charge in [0.05, 0.1) is 11.5 Å². The summed E-state index contributed by atoms with van der Waals surface area (Å²) in [6.45, 7) is 5.57. The maximum atomic E-state index is 13.3. The SMILES string of the molecule is CC(C)(C)NC(=O)C(c1ccc(-c2ccccc2)cc1)C1C(=O)Oc2ccccc2C1=O. The Bertz CT molecular complexity index is 1160. The third-order valence-electron chi connectivity index (χ3n) is 5.39. The minimum absolute atomic E-state index is 0.230. The molecular weight excluding hydrogens is 402 g/mol. The molecule has 4 rings (SSSR count). The molecule has 0 fully saturated rings. The van der Waals surface area contributed by atoms with Crippen molar-refractivity contribution in [1.29, 1.82) is 0 Å². The van der Waals surface area contributed by atoms with Crippen molar-refractivity contribution in [3.63, 3.8) is 0 Å². The van der Waals surface area contributed by atoms with Crippen LogP contribution in [0.1, 0.15) is 42.6 Å². The highest BCUT2D eigenvalue weighted by molar-refractivity contribution is 6.16. The number of Topliss-reactive ketones (excluding diaryl/α,β-unsaturated/α-hetero) is 1. The fourth-order valence-electron chi connectivity index (χ4n) is 3.95. The molecule has 1 N–H and O–H groups in total. The van der Waals surface area contributed by atoms with E-state index in [1.807, 2.05) is 63.2 Å². The molecule has 1 aliphatic rings. The maximum Gasteiger partial charge on any atom is 0.323 e. The van der Waals surface area contributed by atoms with E-state index in [1.54, 1.807) is 36.4 Å². The number of rotatable bonds is 4. The van der Waals surface area contributed by atoms with Crippen LogP contribution in [0.5, 0.6) is 5.75 Å². The number of benzene rings is 3. The molecule has 0 saturated heterocycles. The van der Waals surface area contributed by atoms with E-state index in [2.05, 4.69) is 5.32 Å². The molecule has 5 nitrogen and oxygen atoms in total. The number of esters is 1. The molecule has 1 amide bonds. The maximum absolute atomic E-state index is 13.3. The lowest BCUT2D eigenvalue weighted by Gasteiger charge is -2.31. The molecule has 1 aliphatic heterocycles. The van der Waals surface area contributed by atoms with Crippen LogP contribution in [0.25, 0.3) is 11.1 Å². The number of carbonyl (C=O) groups excluding carboxylic acids is 3. The molecule has 162 valence electrons. The Balaban J connectivity index is 1.75. The van der Waals surface area contributed by atoms with E-state index in [0.29, 0.717) is 11.1 Å².